The maximum absolute atomic E-state index is 10.7. The molecule has 0 aliphatic rings. The summed E-state index contributed by atoms with van der Waals surface area (Å²) in [5.74, 6) is 1.54. The molecule has 2 aromatic heterocycles. The van der Waals surface area contributed by atoms with Gasteiger partial charge >= 0.3 is 0 Å². The molecule has 0 aliphatic heterocycles. The molecule has 0 saturated carbocycles. The van der Waals surface area contributed by atoms with Gasteiger partial charge in [-0.05, 0) is 13.8 Å². The maximum atomic E-state index is 10.7. The van der Waals surface area contributed by atoms with Gasteiger partial charge in [0.25, 0.3) is 5.69 Å². The Labute approximate surface area is 108 Å². The highest BCUT2D eigenvalue weighted by Gasteiger charge is 2.15. The van der Waals surface area contributed by atoms with Crippen molar-refractivity contribution in [3.63, 3.8) is 0 Å². The molecule has 0 fully saturated rings. The van der Waals surface area contributed by atoms with Crippen molar-refractivity contribution in [3.05, 3.63) is 40.1 Å². The first-order chi connectivity index (χ1) is 8.95. The van der Waals surface area contributed by atoms with Crippen LogP contribution >= 0.6 is 0 Å². The number of rotatable bonds is 4. The third kappa shape index (κ3) is 2.97. The Morgan fingerprint density at radius 2 is 2.26 bits per heavy atom. The molecule has 0 bridgehead atoms. The van der Waals surface area contributed by atoms with Gasteiger partial charge in [0.1, 0.15) is 23.4 Å². The van der Waals surface area contributed by atoms with E-state index in [1.807, 2.05) is 6.92 Å². The fraction of sp³-hybridized carbons (Fsp3) is 0.273. The highest BCUT2D eigenvalue weighted by Crippen LogP contribution is 2.22. The van der Waals surface area contributed by atoms with Crippen LogP contribution in [0.5, 0.6) is 0 Å². The number of pyridine rings is 1. The van der Waals surface area contributed by atoms with Crippen molar-refractivity contribution in [3.8, 4) is 0 Å². The van der Waals surface area contributed by atoms with E-state index < -0.39 is 4.92 Å². The first-order valence-electron chi connectivity index (χ1n) is 5.56. The molecule has 0 radical (unpaired) electrons. The molecule has 2 rings (SSSR count). The second-order valence-electron chi connectivity index (χ2n) is 4.07. The van der Waals surface area contributed by atoms with Crippen LogP contribution in [0, 0.1) is 17.0 Å². The van der Waals surface area contributed by atoms with E-state index in [-0.39, 0.29) is 17.5 Å². The summed E-state index contributed by atoms with van der Waals surface area (Å²) in [7, 11) is 0. The van der Waals surface area contributed by atoms with Gasteiger partial charge in [0.2, 0.25) is 5.89 Å². The standard InChI is InChI=1S/C11H13N5O3/c1-6-5-13-11(19-6)7(2)14-10-4-8(16(17)18)3-9(12)15-10/h3-5,7H,1-2H3,(H3,12,14,15). The van der Waals surface area contributed by atoms with E-state index in [9.17, 15) is 10.1 Å². The molecule has 8 nitrogen and oxygen atoms in total. The Kier molecular flexibility index (Phi) is 3.32. The molecule has 2 heterocycles. The largest absolute Gasteiger partial charge is 0.444 e. The smallest absolute Gasteiger partial charge is 0.276 e. The number of nitro groups is 1. The van der Waals surface area contributed by atoms with Crippen LogP contribution in [0.15, 0.2) is 22.7 Å². The molecule has 3 N–H and O–H groups in total. The number of nitrogens with zero attached hydrogens (tertiary/aromatic N) is 3. The van der Waals surface area contributed by atoms with E-state index in [0.717, 1.165) is 0 Å². The zero-order valence-corrected chi connectivity index (χ0v) is 10.5. The number of aryl methyl sites for hydroxylation is 1. The summed E-state index contributed by atoms with van der Waals surface area (Å²) >= 11 is 0. The topological polar surface area (TPSA) is 120 Å². The Morgan fingerprint density at radius 1 is 1.53 bits per heavy atom. The molecule has 0 aliphatic carbocycles. The molecule has 0 amide bonds. The molecule has 0 saturated heterocycles. The van der Waals surface area contributed by atoms with E-state index in [1.165, 1.54) is 12.1 Å². The van der Waals surface area contributed by atoms with Crippen LogP contribution in [0.3, 0.4) is 0 Å². The van der Waals surface area contributed by atoms with Crippen molar-refractivity contribution < 1.29 is 9.34 Å². The van der Waals surface area contributed by atoms with E-state index in [0.29, 0.717) is 17.5 Å². The predicted octanol–water partition coefficient (Wildman–Crippen LogP) is 2.04. The van der Waals surface area contributed by atoms with Gasteiger partial charge in [-0.3, -0.25) is 10.1 Å². The Morgan fingerprint density at radius 3 is 2.84 bits per heavy atom. The maximum Gasteiger partial charge on any atom is 0.276 e. The summed E-state index contributed by atoms with van der Waals surface area (Å²) in [5, 5.41) is 13.7. The van der Waals surface area contributed by atoms with Crippen molar-refractivity contribution in [2.45, 2.75) is 19.9 Å². The number of anilines is 2. The summed E-state index contributed by atoms with van der Waals surface area (Å²) in [5.41, 5.74) is 5.40. The number of hydrogen-bond donors (Lipinski definition) is 2. The molecule has 100 valence electrons. The molecule has 8 heteroatoms. The van der Waals surface area contributed by atoms with Crippen LogP contribution < -0.4 is 11.1 Å². The van der Waals surface area contributed by atoms with Crippen LogP contribution in [0.1, 0.15) is 24.6 Å². The van der Waals surface area contributed by atoms with Gasteiger partial charge in [-0.15, -0.1) is 0 Å². The number of nitrogens with two attached hydrogens (primary N) is 1. The lowest BCUT2D eigenvalue weighted by atomic mass is 10.3. The van der Waals surface area contributed by atoms with Crippen LogP contribution in [0.4, 0.5) is 17.3 Å². The summed E-state index contributed by atoms with van der Waals surface area (Å²) in [6, 6.07) is 2.23. The summed E-state index contributed by atoms with van der Waals surface area (Å²) in [6.07, 6.45) is 1.60. The van der Waals surface area contributed by atoms with Crippen LogP contribution in [0.25, 0.3) is 0 Å². The minimum absolute atomic E-state index is 0.0764. The molecule has 1 atom stereocenters. The quantitative estimate of drug-likeness (QED) is 0.639. The predicted molar refractivity (Wildman–Crippen MR) is 68.6 cm³/mol. The van der Waals surface area contributed by atoms with Crippen molar-refractivity contribution in [2.75, 3.05) is 11.1 Å². The lowest BCUT2D eigenvalue weighted by Gasteiger charge is -2.11. The molecular formula is C11H13N5O3. The van der Waals surface area contributed by atoms with Crippen LogP contribution in [-0.4, -0.2) is 14.9 Å². The van der Waals surface area contributed by atoms with Crippen molar-refractivity contribution in [1.82, 2.24) is 9.97 Å². The third-order valence-corrected chi connectivity index (χ3v) is 2.41. The molecule has 1 unspecified atom stereocenters. The highest BCUT2D eigenvalue weighted by molar-refractivity contribution is 5.53. The number of oxazole rings is 1. The number of hydrogen-bond acceptors (Lipinski definition) is 7. The molecule has 2 aromatic rings. The lowest BCUT2D eigenvalue weighted by Crippen LogP contribution is -2.09. The van der Waals surface area contributed by atoms with E-state index in [1.54, 1.807) is 13.1 Å². The fourth-order valence-electron chi connectivity index (χ4n) is 1.57. The monoisotopic (exact) mass is 263 g/mol. The van der Waals surface area contributed by atoms with E-state index in [2.05, 4.69) is 15.3 Å². The van der Waals surface area contributed by atoms with Gasteiger partial charge in [-0.1, -0.05) is 0 Å². The Balaban J connectivity index is 2.21. The van der Waals surface area contributed by atoms with Gasteiger partial charge in [-0.25, -0.2) is 9.97 Å². The van der Waals surface area contributed by atoms with Crippen LogP contribution in [0.2, 0.25) is 0 Å². The average Bonchev–Trinajstić information content (AvgIpc) is 2.75. The molecule has 0 aromatic carbocycles. The van der Waals surface area contributed by atoms with Crippen LogP contribution in [-0.2, 0) is 0 Å². The summed E-state index contributed by atoms with van der Waals surface area (Å²) < 4.78 is 5.36. The summed E-state index contributed by atoms with van der Waals surface area (Å²) in [6.45, 7) is 3.59. The zero-order valence-electron chi connectivity index (χ0n) is 10.5. The minimum Gasteiger partial charge on any atom is -0.444 e. The van der Waals surface area contributed by atoms with Gasteiger partial charge in [0, 0.05) is 0 Å². The lowest BCUT2D eigenvalue weighted by molar-refractivity contribution is -0.384. The second-order valence-corrected chi connectivity index (χ2v) is 4.07. The fourth-order valence-corrected chi connectivity index (χ4v) is 1.57. The van der Waals surface area contributed by atoms with E-state index >= 15 is 0 Å². The van der Waals surface area contributed by atoms with Gasteiger partial charge < -0.3 is 15.5 Å². The SMILES string of the molecule is Cc1cnc(C(C)Nc2cc([N+](=O)[O-])cc(N)n2)o1. The Hall–Kier alpha value is -2.64. The van der Waals surface area contributed by atoms with Gasteiger partial charge in [0.15, 0.2) is 0 Å². The van der Waals surface area contributed by atoms with E-state index in [4.69, 9.17) is 10.2 Å². The summed E-state index contributed by atoms with van der Waals surface area (Å²) in [4.78, 5) is 18.3. The molecule has 19 heavy (non-hydrogen) atoms. The number of nitrogen functional groups attached to an aromatic ring is 1. The first kappa shape index (κ1) is 12.8. The van der Waals surface area contributed by atoms with Gasteiger partial charge in [-0.2, -0.15) is 0 Å². The average molecular weight is 263 g/mol. The zero-order chi connectivity index (χ0) is 14.0. The third-order valence-electron chi connectivity index (χ3n) is 2.41. The van der Waals surface area contributed by atoms with Gasteiger partial charge in [0.05, 0.1) is 23.3 Å². The number of nitrogens with one attached hydrogen (secondary N) is 1. The highest BCUT2D eigenvalue weighted by atomic mass is 16.6. The van der Waals surface area contributed by atoms with Crippen molar-refractivity contribution in [2.24, 2.45) is 0 Å². The molecular weight excluding hydrogens is 250 g/mol. The van der Waals surface area contributed by atoms with Crippen molar-refractivity contribution in [1.29, 1.82) is 0 Å². The first-order valence-corrected chi connectivity index (χ1v) is 5.56. The number of aromatic nitrogens is 2. The molecule has 0 spiro atoms. The Bertz CT molecular complexity index is 610. The minimum atomic E-state index is -0.525. The normalized spacial score (nSPS) is 12.1. The van der Waals surface area contributed by atoms with Crippen molar-refractivity contribution >= 4 is 17.3 Å². The second kappa shape index (κ2) is 4.92.